The van der Waals surface area contributed by atoms with E-state index in [9.17, 15) is 9.59 Å². The van der Waals surface area contributed by atoms with Crippen molar-refractivity contribution in [3.63, 3.8) is 0 Å². The lowest BCUT2D eigenvalue weighted by Gasteiger charge is -2.16. The molecule has 0 aliphatic carbocycles. The Balaban J connectivity index is 2.23. The van der Waals surface area contributed by atoms with Gasteiger partial charge >= 0.3 is 12.3 Å². The van der Waals surface area contributed by atoms with E-state index in [1.807, 2.05) is 31.2 Å². The van der Waals surface area contributed by atoms with E-state index in [1.165, 1.54) is 0 Å². The summed E-state index contributed by atoms with van der Waals surface area (Å²) in [6, 6.07) is 9.01. The van der Waals surface area contributed by atoms with Crippen LogP contribution in [0.5, 0.6) is 11.5 Å². The average Bonchev–Trinajstić information content (AvgIpc) is 2.69. The van der Waals surface area contributed by atoms with Gasteiger partial charge in [0.15, 0.2) is 0 Å². The molecule has 2 aromatic rings. The molecule has 0 radical (unpaired) electrons. The minimum Gasteiger partial charge on any atom is -0.434 e. The van der Waals surface area contributed by atoms with Crippen molar-refractivity contribution >= 4 is 23.1 Å². The van der Waals surface area contributed by atoms with Crippen LogP contribution in [0.4, 0.5) is 9.59 Å². The normalized spacial score (nSPS) is 11.0. The fourth-order valence-electron chi connectivity index (χ4n) is 2.83. The minimum absolute atomic E-state index is 0.304. The van der Waals surface area contributed by atoms with E-state index in [4.69, 9.17) is 18.9 Å². The second-order valence-corrected chi connectivity index (χ2v) is 8.03. The van der Waals surface area contributed by atoms with Crippen molar-refractivity contribution in [3.05, 3.63) is 35.9 Å². The summed E-state index contributed by atoms with van der Waals surface area (Å²) in [5, 5.41) is 1.32. The predicted molar refractivity (Wildman–Crippen MR) is 116 cm³/mol. The van der Waals surface area contributed by atoms with Crippen LogP contribution < -0.4 is 9.47 Å². The molecule has 2 aromatic carbocycles. The van der Waals surface area contributed by atoms with Crippen molar-refractivity contribution in [3.8, 4) is 11.5 Å². The molecule has 6 nitrogen and oxygen atoms in total. The van der Waals surface area contributed by atoms with E-state index >= 15 is 0 Å². The van der Waals surface area contributed by atoms with Crippen molar-refractivity contribution in [1.82, 2.24) is 0 Å². The van der Waals surface area contributed by atoms with Crippen LogP contribution in [-0.2, 0) is 15.9 Å². The van der Waals surface area contributed by atoms with Gasteiger partial charge in [-0.3, -0.25) is 0 Å². The lowest BCUT2D eigenvalue weighted by Crippen LogP contribution is -2.15. The van der Waals surface area contributed by atoms with Crippen LogP contribution in [0.3, 0.4) is 0 Å². The van der Waals surface area contributed by atoms with Crippen LogP contribution >= 0.6 is 0 Å². The van der Waals surface area contributed by atoms with Gasteiger partial charge in [-0.25, -0.2) is 9.59 Å². The van der Waals surface area contributed by atoms with Gasteiger partial charge in [-0.2, -0.15) is 0 Å². The third-order valence-electron chi connectivity index (χ3n) is 4.62. The van der Waals surface area contributed by atoms with Crippen molar-refractivity contribution in [1.29, 1.82) is 0 Å². The fraction of sp³-hybridized carbons (Fsp3) is 0.500. The quantitative estimate of drug-likeness (QED) is 0.342. The Labute approximate surface area is 178 Å². The van der Waals surface area contributed by atoms with Gasteiger partial charge in [0.1, 0.15) is 11.5 Å². The molecule has 30 heavy (non-hydrogen) atoms. The molecule has 0 aliphatic heterocycles. The summed E-state index contributed by atoms with van der Waals surface area (Å²) >= 11 is 0. The molecular formula is C24H32O6. The zero-order valence-electron chi connectivity index (χ0n) is 18.5. The number of aryl methyl sites for hydroxylation is 1. The number of carbonyl (C=O) groups excluding carboxylic acids is 2. The van der Waals surface area contributed by atoms with E-state index < -0.39 is 12.3 Å². The molecule has 0 fully saturated rings. The van der Waals surface area contributed by atoms with Crippen LogP contribution in [0.1, 0.15) is 53.0 Å². The molecule has 0 amide bonds. The van der Waals surface area contributed by atoms with Crippen molar-refractivity contribution in [2.45, 2.75) is 53.9 Å². The Morgan fingerprint density at radius 1 is 0.833 bits per heavy atom. The van der Waals surface area contributed by atoms with E-state index in [-0.39, 0.29) is 0 Å². The molecule has 0 saturated carbocycles. The zero-order valence-corrected chi connectivity index (χ0v) is 18.5. The molecule has 0 unspecified atom stereocenters. The maximum absolute atomic E-state index is 12.2. The number of hydrogen-bond acceptors (Lipinski definition) is 6. The highest BCUT2D eigenvalue weighted by molar-refractivity contribution is 5.96. The lowest BCUT2D eigenvalue weighted by molar-refractivity contribution is 0.0931. The zero-order chi connectivity index (χ0) is 22.1. The Kier molecular flexibility index (Phi) is 8.96. The molecular weight excluding hydrogens is 384 g/mol. The maximum atomic E-state index is 12.2. The van der Waals surface area contributed by atoms with Gasteiger partial charge in [0.05, 0.1) is 13.2 Å². The van der Waals surface area contributed by atoms with Crippen molar-refractivity contribution < 1.29 is 28.5 Å². The van der Waals surface area contributed by atoms with Gasteiger partial charge in [0, 0.05) is 10.8 Å². The first kappa shape index (κ1) is 23.5. The summed E-state index contributed by atoms with van der Waals surface area (Å²) in [5.41, 5.74) is 0.736. The molecule has 0 aliphatic rings. The largest absolute Gasteiger partial charge is 0.513 e. The highest BCUT2D eigenvalue weighted by Crippen LogP contribution is 2.37. The molecule has 0 aromatic heterocycles. The Morgan fingerprint density at radius 2 is 1.37 bits per heavy atom. The maximum Gasteiger partial charge on any atom is 0.513 e. The van der Waals surface area contributed by atoms with Crippen molar-refractivity contribution in [2.24, 2.45) is 11.8 Å². The summed E-state index contributed by atoms with van der Waals surface area (Å²) in [4.78, 5) is 24.3. The SMILES string of the molecule is CCc1cc(OC(=O)OCCC(C)C)c2ccccc2c1OC(=O)OCCC(C)C. The first-order chi connectivity index (χ1) is 14.3. The molecule has 0 N–H and O–H groups in total. The summed E-state index contributed by atoms with van der Waals surface area (Å²) in [7, 11) is 0. The van der Waals surface area contributed by atoms with Gasteiger partial charge in [-0.15, -0.1) is 0 Å². The Bertz CT molecular complexity index is 856. The minimum atomic E-state index is -0.746. The predicted octanol–water partition coefficient (Wildman–Crippen LogP) is 6.53. The second kappa shape index (κ2) is 11.4. The van der Waals surface area contributed by atoms with E-state index in [2.05, 4.69) is 27.7 Å². The van der Waals surface area contributed by atoms with Gasteiger partial charge in [-0.05, 0) is 42.7 Å². The van der Waals surface area contributed by atoms with Gasteiger partial charge < -0.3 is 18.9 Å². The molecule has 0 atom stereocenters. The molecule has 0 heterocycles. The van der Waals surface area contributed by atoms with Crippen LogP contribution in [0.25, 0.3) is 10.8 Å². The number of rotatable bonds is 9. The molecule has 0 spiro atoms. The van der Waals surface area contributed by atoms with Gasteiger partial charge in [0.25, 0.3) is 0 Å². The summed E-state index contributed by atoms with van der Waals surface area (Å²) in [6.07, 6.45) is 0.629. The lowest BCUT2D eigenvalue weighted by atomic mass is 10.0. The summed E-state index contributed by atoms with van der Waals surface area (Å²) < 4.78 is 21.4. The summed E-state index contributed by atoms with van der Waals surface area (Å²) in [6.45, 7) is 10.8. The first-order valence-electron chi connectivity index (χ1n) is 10.6. The van der Waals surface area contributed by atoms with E-state index in [0.29, 0.717) is 53.7 Å². The third-order valence-corrected chi connectivity index (χ3v) is 4.62. The fourth-order valence-corrected chi connectivity index (χ4v) is 2.83. The van der Waals surface area contributed by atoms with Crippen LogP contribution in [-0.4, -0.2) is 25.5 Å². The average molecular weight is 417 g/mol. The molecule has 0 bridgehead atoms. The topological polar surface area (TPSA) is 71.1 Å². The monoisotopic (exact) mass is 416 g/mol. The van der Waals surface area contributed by atoms with E-state index in [1.54, 1.807) is 6.07 Å². The Morgan fingerprint density at radius 3 is 1.90 bits per heavy atom. The Hall–Kier alpha value is -2.76. The highest BCUT2D eigenvalue weighted by atomic mass is 16.7. The number of fused-ring (bicyclic) bond motifs is 1. The van der Waals surface area contributed by atoms with Crippen molar-refractivity contribution in [2.75, 3.05) is 13.2 Å². The van der Waals surface area contributed by atoms with Gasteiger partial charge in [-0.1, -0.05) is 58.9 Å². The van der Waals surface area contributed by atoms with Crippen LogP contribution in [0.2, 0.25) is 0 Å². The summed E-state index contributed by atoms with van der Waals surface area (Å²) in [5.74, 6) is 1.66. The molecule has 0 saturated heterocycles. The standard InChI is InChI=1S/C24H32O6/c1-6-18-15-21(29-23(25)27-13-11-16(2)3)19-9-7-8-10-20(19)22(18)30-24(26)28-14-12-17(4)5/h7-10,15-17H,6,11-14H2,1-5H3. The number of hydrogen-bond donors (Lipinski definition) is 0. The molecule has 6 heteroatoms. The van der Waals surface area contributed by atoms with Crippen LogP contribution in [0.15, 0.2) is 30.3 Å². The third kappa shape index (κ3) is 6.94. The molecule has 164 valence electrons. The van der Waals surface area contributed by atoms with Crippen LogP contribution in [0, 0.1) is 11.8 Å². The number of carbonyl (C=O) groups is 2. The van der Waals surface area contributed by atoms with Gasteiger partial charge in [0.2, 0.25) is 0 Å². The first-order valence-corrected chi connectivity index (χ1v) is 10.6. The number of ether oxygens (including phenoxy) is 4. The van der Waals surface area contributed by atoms with E-state index in [0.717, 1.165) is 18.4 Å². The molecule has 2 rings (SSSR count). The smallest absolute Gasteiger partial charge is 0.434 e. The number of benzene rings is 2. The second-order valence-electron chi connectivity index (χ2n) is 8.03. The highest BCUT2D eigenvalue weighted by Gasteiger charge is 2.19.